The highest BCUT2D eigenvalue weighted by atomic mass is 32.2. The number of rotatable bonds is 8. The smallest absolute Gasteiger partial charge is 0.255 e. The molecule has 3 aromatic carbocycles. The summed E-state index contributed by atoms with van der Waals surface area (Å²) in [5, 5.41) is 5.27. The van der Waals surface area contributed by atoms with E-state index in [-0.39, 0.29) is 27.5 Å². The first-order chi connectivity index (χ1) is 16.2. The predicted molar refractivity (Wildman–Crippen MR) is 125 cm³/mol. The van der Waals surface area contributed by atoms with E-state index in [0.717, 1.165) is 6.07 Å². The molecule has 0 bridgehead atoms. The largest absolute Gasteiger partial charge is 0.495 e. The number of halogens is 1. The second-order valence-electron chi connectivity index (χ2n) is 6.91. The number of benzene rings is 3. The minimum absolute atomic E-state index is 0.0655. The molecule has 9 nitrogen and oxygen atoms in total. The maximum atomic E-state index is 13.5. The van der Waals surface area contributed by atoms with Crippen molar-refractivity contribution in [3.8, 4) is 11.5 Å². The first-order valence-corrected chi connectivity index (χ1v) is 11.3. The number of methoxy groups -OCH3 is 2. The van der Waals surface area contributed by atoms with Gasteiger partial charge in [-0.1, -0.05) is 6.07 Å². The zero-order valence-corrected chi connectivity index (χ0v) is 19.3. The zero-order valence-electron chi connectivity index (χ0n) is 18.5. The average Bonchev–Trinajstić information content (AvgIpc) is 2.83. The molecule has 0 aliphatic carbocycles. The van der Waals surface area contributed by atoms with Crippen LogP contribution in [0, 0.1) is 5.82 Å². The monoisotopic (exact) mass is 487 g/mol. The van der Waals surface area contributed by atoms with E-state index in [2.05, 4.69) is 15.4 Å². The van der Waals surface area contributed by atoms with Gasteiger partial charge in [-0.25, -0.2) is 17.5 Å². The van der Waals surface area contributed by atoms with Crippen molar-refractivity contribution in [2.75, 3.05) is 31.9 Å². The predicted octanol–water partition coefficient (Wildman–Crippen LogP) is 3.26. The maximum Gasteiger partial charge on any atom is 0.255 e. The Morgan fingerprint density at radius 3 is 2.12 bits per heavy atom. The van der Waals surface area contributed by atoms with E-state index in [1.165, 1.54) is 69.8 Å². The fourth-order valence-electron chi connectivity index (χ4n) is 3.05. The van der Waals surface area contributed by atoms with E-state index in [0.29, 0.717) is 11.4 Å². The third-order valence-electron chi connectivity index (χ3n) is 4.78. The molecule has 178 valence electrons. The molecule has 0 aliphatic rings. The molecule has 0 fully saturated rings. The van der Waals surface area contributed by atoms with Crippen LogP contribution in [0.15, 0.2) is 65.6 Å². The summed E-state index contributed by atoms with van der Waals surface area (Å²) in [6.45, 7) is 0. The number of carbonyl (C=O) groups is 2. The van der Waals surface area contributed by atoms with Crippen molar-refractivity contribution in [3.63, 3.8) is 0 Å². The Hall–Kier alpha value is -3.96. The van der Waals surface area contributed by atoms with E-state index in [9.17, 15) is 22.4 Å². The lowest BCUT2D eigenvalue weighted by molar-refractivity contribution is 0.101. The zero-order chi connectivity index (χ0) is 24.9. The molecule has 0 aliphatic heterocycles. The highest BCUT2D eigenvalue weighted by Gasteiger charge is 2.20. The highest BCUT2D eigenvalue weighted by molar-refractivity contribution is 7.89. The number of ether oxygens (including phenoxy) is 2. The number of sulfonamides is 1. The second kappa shape index (κ2) is 10.3. The van der Waals surface area contributed by atoms with E-state index in [1.54, 1.807) is 6.07 Å². The normalized spacial score (nSPS) is 10.9. The maximum absolute atomic E-state index is 13.5. The summed E-state index contributed by atoms with van der Waals surface area (Å²) in [5.74, 6) is -1.33. The molecular formula is C23H22FN3O6S. The molecule has 0 unspecified atom stereocenters. The molecule has 0 saturated carbocycles. The van der Waals surface area contributed by atoms with Crippen molar-refractivity contribution in [2.24, 2.45) is 0 Å². The fourth-order valence-corrected chi connectivity index (χ4v) is 3.97. The van der Waals surface area contributed by atoms with Gasteiger partial charge in [0.15, 0.2) is 0 Å². The van der Waals surface area contributed by atoms with E-state index < -0.39 is 27.7 Å². The number of hydrogen-bond acceptors (Lipinski definition) is 6. The van der Waals surface area contributed by atoms with Crippen LogP contribution < -0.4 is 24.8 Å². The Bertz CT molecular complexity index is 1340. The van der Waals surface area contributed by atoms with Crippen LogP contribution in [0.2, 0.25) is 0 Å². The molecule has 34 heavy (non-hydrogen) atoms. The van der Waals surface area contributed by atoms with Crippen molar-refractivity contribution in [2.45, 2.75) is 4.90 Å². The number of carbonyl (C=O) groups excluding carboxylic acids is 2. The van der Waals surface area contributed by atoms with Gasteiger partial charge < -0.3 is 20.1 Å². The Balaban J connectivity index is 1.87. The Kier molecular flexibility index (Phi) is 7.49. The van der Waals surface area contributed by atoms with Crippen LogP contribution in [-0.2, 0) is 10.0 Å². The van der Waals surface area contributed by atoms with Crippen LogP contribution in [0.4, 0.5) is 15.8 Å². The molecule has 3 N–H and O–H groups in total. The van der Waals surface area contributed by atoms with Gasteiger partial charge in [0.1, 0.15) is 22.2 Å². The number of hydrogen-bond donors (Lipinski definition) is 3. The van der Waals surface area contributed by atoms with E-state index >= 15 is 0 Å². The van der Waals surface area contributed by atoms with Crippen LogP contribution in [-0.4, -0.2) is 41.5 Å². The van der Waals surface area contributed by atoms with Gasteiger partial charge in [0.2, 0.25) is 10.0 Å². The van der Waals surface area contributed by atoms with Crippen LogP contribution in [0.1, 0.15) is 20.7 Å². The Labute approximate surface area is 195 Å². The van der Waals surface area contributed by atoms with Gasteiger partial charge in [-0.2, -0.15) is 0 Å². The summed E-state index contributed by atoms with van der Waals surface area (Å²) in [7, 11) is 0.104. The van der Waals surface area contributed by atoms with Gasteiger partial charge in [0.05, 0.1) is 19.9 Å². The summed E-state index contributed by atoms with van der Waals surface area (Å²) in [4.78, 5) is 25.1. The van der Waals surface area contributed by atoms with Crippen molar-refractivity contribution in [1.82, 2.24) is 4.72 Å². The second-order valence-corrected chi connectivity index (χ2v) is 8.76. The lowest BCUT2D eigenvalue weighted by atomic mass is 10.1. The average molecular weight is 488 g/mol. The van der Waals surface area contributed by atoms with Gasteiger partial charge in [-0.05, 0) is 61.6 Å². The summed E-state index contributed by atoms with van der Waals surface area (Å²) in [5.41, 5.74) is 0.709. The summed E-state index contributed by atoms with van der Waals surface area (Å²) in [6.07, 6.45) is 0. The number of nitrogens with one attached hydrogen (secondary N) is 3. The minimum Gasteiger partial charge on any atom is -0.495 e. The summed E-state index contributed by atoms with van der Waals surface area (Å²) in [6, 6.07) is 13.7. The molecule has 3 rings (SSSR count). The van der Waals surface area contributed by atoms with Crippen LogP contribution >= 0.6 is 0 Å². The highest BCUT2D eigenvalue weighted by Crippen LogP contribution is 2.29. The molecule has 0 heterocycles. The van der Waals surface area contributed by atoms with Crippen LogP contribution in [0.25, 0.3) is 0 Å². The fraction of sp³-hybridized carbons (Fsp3) is 0.130. The molecule has 0 aromatic heterocycles. The van der Waals surface area contributed by atoms with Crippen LogP contribution in [0.3, 0.4) is 0 Å². The van der Waals surface area contributed by atoms with Crippen molar-refractivity contribution in [1.29, 1.82) is 0 Å². The first-order valence-electron chi connectivity index (χ1n) is 9.86. The van der Waals surface area contributed by atoms with Gasteiger partial charge in [0, 0.05) is 16.8 Å². The minimum atomic E-state index is -3.87. The SMILES string of the molecule is CNS(=O)(=O)c1cc(C(=O)Nc2ccc(OC)c(NC(=O)c3cccc(F)c3)c2)ccc1OC. The molecule has 0 spiro atoms. The molecule has 0 radical (unpaired) electrons. The quantitative estimate of drug-likeness (QED) is 0.448. The third-order valence-corrected chi connectivity index (χ3v) is 6.21. The molecular weight excluding hydrogens is 465 g/mol. The third kappa shape index (κ3) is 5.50. The topological polar surface area (TPSA) is 123 Å². The van der Waals surface area contributed by atoms with Crippen molar-refractivity contribution in [3.05, 3.63) is 77.6 Å². The molecule has 11 heteroatoms. The molecule has 3 aromatic rings. The molecule has 2 amide bonds. The van der Waals surface area contributed by atoms with Crippen LogP contribution in [0.5, 0.6) is 11.5 Å². The number of anilines is 2. The molecule has 0 saturated heterocycles. The van der Waals surface area contributed by atoms with E-state index in [1.807, 2.05) is 0 Å². The Morgan fingerprint density at radius 2 is 1.47 bits per heavy atom. The first kappa shape index (κ1) is 24.7. The summed E-state index contributed by atoms with van der Waals surface area (Å²) >= 11 is 0. The van der Waals surface area contributed by atoms with Crippen molar-refractivity contribution < 1.29 is 31.9 Å². The lowest BCUT2D eigenvalue weighted by Gasteiger charge is -2.14. The standard InChI is InChI=1S/C23H22FN3O6S/c1-25-34(30,31)21-12-15(7-9-20(21)33-3)22(28)26-17-8-10-19(32-2)18(13-17)27-23(29)14-5-4-6-16(24)11-14/h4-13,25H,1-3H3,(H,26,28)(H,27,29). The molecule has 0 atom stereocenters. The lowest BCUT2D eigenvalue weighted by Crippen LogP contribution is -2.20. The van der Waals surface area contributed by atoms with Gasteiger partial charge in [-0.3, -0.25) is 9.59 Å². The van der Waals surface area contributed by atoms with Gasteiger partial charge >= 0.3 is 0 Å². The van der Waals surface area contributed by atoms with Gasteiger partial charge in [-0.15, -0.1) is 0 Å². The summed E-state index contributed by atoms with van der Waals surface area (Å²) < 4.78 is 50.5. The number of amides is 2. The Morgan fingerprint density at radius 1 is 0.824 bits per heavy atom. The van der Waals surface area contributed by atoms with E-state index in [4.69, 9.17) is 9.47 Å². The van der Waals surface area contributed by atoms with Gasteiger partial charge in [0.25, 0.3) is 11.8 Å². The van der Waals surface area contributed by atoms with Crippen molar-refractivity contribution >= 4 is 33.2 Å².